The number of halogens is 3. The van der Waals surface area contributed by atoms with Crippen molar-refractivity contribution in [2.24, 2.45) is 0 Å². The average Bonchev–Trinajstić information content (AvgIpc) is 3.64. The van der Waals surface area contributed by atoms with E-state index in [1.54, 1.807) is 30.2 Å². The summed E-state index contributed by atoms with van der Waals surface area (Å²) in [5.74, 6) is 0.954. The molecule has 4 aromatic heterocycles. The highest BCUT2D eigenvalue weighted by molar-refractivity contribution is 5.72. The average molecular weight is 528 g/mol. The zero-order valence-corrected chi connectivity index (χ0v) is 21.5. The van der Waals surface area contributed by atoms with Gasteiger partial charge in [0.25, 0.3) is 5.89 Å². The topological polar surface area (TPSA) is 113 Å². The smallest absolute Gasteiger partial charge is 0.333 e. The minimum absolute atomic E-state index is 0.461. The molecule has 0 fully saturated rings. The van der Waals surface area contributed by atoms with Crippen molar-refractivity contribution in [2.45, 2.75) is 53.4 Å². The molecule has 0 amide bonds. The van der Waals surface area contributed by atoms with Crippen molar-refractivity contribution >= 4 is 5.57 Å². The van der Waals surface area contributed by atoms with Crippen LogP contribution >= 0.6 is 0 Å². The van der Waals surface area contributed by atoms with Gasteiger partial charge in [0.05, 0.1) is 29.6 Å². The fraction of sp³-hybridized carbons (Fsp3) is 0.320. The van der Waals surface area contributed by atoms with Crippen molar-refractivity contribution in [2.75, 3.05) is 0 Å². The van der Waals surface area contributed by atoms with Crippen molar-refractivity contribution in [1.82, 2.24) is 45.1 Å². The number of hydrogen-bond acceptors (Lipinski definition) is 8. The third-order valence-electron chi connectivity index (χ3n) is 5.24. The van der Waals surface area contributed by atoms with Crippen LogP contribution in [0.4, 0.5) is 13.2 Å². The van der Waals surface area contributed by atoms with Gasteiger partial charge in [0.15, 0.2) is 0 Å². The summed E-state index contributed by atoms with van der Waals surface area (Å²) in [5, 5.41) is 19.7. The molecular weight excluding hydrogens is 499 g/mol. The molecule has 0 saturated heterocycles. The lowest BCUT2D eigenvalue weighted by molar-refractivity contribution is -0.137. The Labute approximate surface area is 217 Å². The predicted molar refractivity (Wildman–Crippen MR) is 134 cm³/mol. The van der Waals surface area contributed by atoms with E-state index in [1.165, 1.54) is 6.07 Å². The van der Waals surface area contributed by atoms with E-state index in [9.17, 15) is 13.2 Å². The summed E-state index contributed by atoms with van der Waals surface area (Å²) in [6.07, 6.45) is 6.23. The van der Waals surface area contributed by atoms with E-state index >= 15 is 0 Å². The molecule has 0 aromatic carbocycles. The van der Waals surface area contributed by atoms with Crippen molar-refractivity contribution in [3.05, 3.63) is 84.0 Å². The number of allylic oxidation sites excluding steroid dienone is 5. The molecule has 0 aliphatic rings. The molecule has 4 heterocycles. The summed E-state index contributed by atoms with van der Waals surface area (Å²) in [6, 6.07) is 2.35. The summed E-state index contributed by atoms with van der Waals surface area (Å²) < 4.78 is 44.7. The van der Waals surface area contributed by atoms with Gasteiger partial charge in [-0.1, -0.05) is 42.5 Å². The van der Waals surface area contributed by atoms with Crippen LogP contribution in [0, 0.1) is 6.92 Å². The first-order valence-corrected chi connectivity index (χ1v) is 11.8. The number of tetrazole rings is 1. The Bertz CT molecular complexity index is 1380. The molecule has 200 valence electrons. The fourth-order valence-corrected chi connectivity index (χ4v) is 3.45. The number of hydrogen-bond donors (Lipinski definition) is 0. The van der Waals surface area contributed by atoms with E-state index in [-0.39, 0.29) is 0 Å². The first-order chi connectivity index (χ1) is 18.2. The first kappa shape index (κ1) is 28.2. The van der Waals surface area contributed by atoms with Gasteiger partial charge < -0.3 is 4.52 Å². The quantitative estimate of drug-likeness (QED) is 0.290. The van der Waals surface area contributed by atoms with Gasteiger partial charge in [-0.3, -0.25) is 9.67 Å². The van der Waals surface area contributed by atoms with E-state index in [1.807, 2.05) is 23.8 Å². The monoisotopic (exact) mass is 527 g/mol. The Kier molecular flexibility index (Phi) is 9.41. The second kappa shape index (κ2) is 12.7. The predicted octanol–water partition coefficient (Wildman–Crippen LogP) is 5.13. The van der Waals surface area contributed by atoms with Gasteiger partial charge in [-0.15, -0.1) is 5.10 Å². The number of aryl methyl sites for hydroxylation is 2. The van der Waals surface area contributed by atoms with Crippen LogP contribution in [0.2, 0.25) is 0 Å². The zero-order chi connectivity index (χ0) is 27.7. The van der Waals surface area contributed by atoms with Gasteiger partial charge in [-0.25, -0.2) is 4.68 Å². The molecule has 10 nitrogen and oxygen atoms in total. The van der Waals surface area contributed by atoms with Gasteiger partial charge in [0.2, 0.25) is 5.82 Å². The Morgan fingerprint density at radius 3 is 2.55 bits per heavy atom. The standard InChI is InChI=1S/C18H22N8O.C7H6F3N/c1-5-8-14(9-13(4)11-25-12-19-23-24-25)17-21-18(27-22-17)15-10-20-26(7-3)16(15)6-2;1-5-2-3-6(4-11-5)7(8,9)10/h5,8-10,12H,1,6-7,11H2,2-4H3;2-4H,1H3/b13-9+,14-8+;. The van der Waals surface area contributed by atoms with Crippen LogP contribution in [-0.2, 0) is 25.7 Å². The van der Waals surface area contributed by atoms with Crippen LogP contribution in [0.25, 0.3) is 17.0 Å². The largest absolute Gasteiger partial charge is 0.417 e. The van der Waals surface area contributed by atoms with E-state index in [4.69, 9.17) is 4.52 Å². The molecule has 38 heavy (non-hydrogen) atoms. The van der Waals surface area contributed by atoms with E-state index in [2.05, 4.69) is 56.2 Å². The third kappa shape index (κ3) is 7.31. The third-order valence-corrected chi connectivity index (χ3v) is 5.24. The van der Waals surface area contributed by atoms with Crippen LogP contribution in [0.5, 0.6) is 0 Å². The SMILES string of the molecule is C=C/C=C(\C=C(/C)Cn1cnnn1)c1noc(-c2cnn(CC)c2CC)n1.Cc1ccc(C(F)(F)F)cn1. The minimum Gasteiger partial charge on any atom is -0.333 e. The van der Waals surface area contributed by atoms with Crippen molar-refractivity contribution in [3.8, 4) is 11.5 Å². The Morgan fingerprint density at radius 2 is 1.97 bits per heavy atom. The van der Waals surface area contributed by atoms with Crippen LogP contribution in [0.3, 0.4) is 0 Å². The Balaban J connectivity index is 0.000000304. The highest BCUT2D eigenvalue weighted by Gasteiger charge is 2.30. The summed E-state index contributed by atoms with van der Waals surface area (Å²) >= 11 is 0. The first-order valence-electron chi connectivity index (χ1n) is 11.8. The molecule has 0 aliphatic carbocycles. The number of nitrogens with zero attached hydrogens (tertiary/aromatic N) is 9. The van der Waals surface area contributed by atoms with Crippen LogP contribution in [0.1, 0.15) is 43.5 Å². The fourth-order valence-electron chi connectivity index (χ4n) is 3.45. The van der Waals surface area contributed by atoms with Crippen molar-refractivity contribution in [3.63, 3.8) is 0 Å². The maximum atomic E-state index is 11.9. The highest BCUT2D eigenvalue weighted by Crippen LogP contribution is 2.28. The highest BCUT2D eigenvalue weighted by atomic mass is 19.4. The van der Waals surface area contributed by atoms with E-state index in [0.29, 0.717) is 24.0 Å². The lowest BCUT2D eigenvalue weighted by atomic mass is 10.1. The zero-order valence-electron chi connectivity index (χ0n) is 21.5. The maximum Gasteiger partial charge on any atom is 0.417 e. The molecule has 4 rings (SSSR count). The molecule has 0 saturated carbocycles. The molecule has 13 heteroatoms. The van der Waals surface area contributed by atoms with Crippen LogP contribution in [-0.4, -0.2) is 45.1 Å². The molecule has 0 unspecified atom stereocenters. The molecule has 4 aromatic rings. The molecule has 0 radical (unpaired) electrons. The normalized spacial score (nSPS) is 12.3. The van der Waals surface area contributed by atoms with Crippen molar-refractivity contribution < 1.29 is 17.7 Å². The summed E-state index contributed by atoms with van der Waals surface area (Å²) in [7, 11) is 0. The Hall–Kier alpha value is -4.42. The molecule has 0 bridgehead atoms. The summed E-state index contributed by atoms with van der Waals surface area (Å²) in [4.78, 5) is 8.09. The number of rotatable bonds is 8. The second-order valence-corrected chi connectivity index (χ2v) is 8.14. The van der Waals surface area contributed by atoms with Crippen LogP contribution < -0.4 is 0 Å². The number of aromatic nitrogens is 9. The van der Waals surface area contributed by atoms with Gasteiger partial charge in [0.1, 0.15) is 6.33 Å². The lowest BCUT2D eigenvalue weighted by Gasteiger charge is -2.04. The molecule has 0 aliphatic heterocycles. The van der Waals surface area contributed by atoms with Gasteiger partial charge >= 0.3 is 6.18 Å². The second-order valence-electron chi connectivity index (χ2n) is 8.14. The maximum absolute atomic E-state index is 11.9. The molecular formula is C25H28F3N9O. The minimum atomic E-state index is -4.28. The molecule has 0 atom stereocenters. The van der Waals surface area contributed by atoms with Gasteiger partial charge in [-0.2, -0.15) is 23.3 Å². The van der Waals surface area contributed by atoms with E-state index in [0.717, 1.165) is 47.6 Å². The van der Waals surface area contributed by atoms with Gasteiger partial charge in [0, 0.05) is 24.0 Å². The van der Waals surface area contributed by atoms with Crippen molar-refractivity contribution in [1.29, 1.82) is 0 Å². The number of pyridine rings is 1. The molecule has 0 N–H and O–H groups in total. The van der Waals surface area contributed by atoms with E-state index < -0.39 is 11.7 Å². The number of alkyl halides is 3. The van der Waals surface area contributed by atoms with Gasteiger partial charge in [-0.05, 0) is 49.8 Å². The Morgan fingerprint density at radius 1 is 1.18 bits per heavy atom. The molecule has 0 spiro atoms. The summed E-state index contributed by atoms with van der Waals surface area (Å²) in [5.41, 5.74) is 3.65. The summed E-state index contributed by atoms with van der Waals surface area (Å²) in [6.45, 7) is 12.9. The van der Waals surface area contributed by atoms with Crippen LogP contribution in [0.15, 0.2) is 65.8 Å². The lowest BCUT2D eigenvalue weighted by Crippen LogP contribution is -2.05.